The smallest absolute Gasteiger partial charge is 0.219 e. The molecule has 0 aromatic carbocycles. The summed E-state index contributed by atoms with van der Waals surface area (Å²) in [7, 11) is 0. The Kier molecular flexibility index (Phi) is 20.9. The highest BCUT2D eigenvalue weighted by molar-refractivity contribution is 5.75. The van der Waals surface area contributed by atoms with E-state index in [1.165, 1.54) is 77.0 Å². The molecule has 0 saturated carbocycles. The van der Waals surface area contributed by atoms with Crippen LogP contribution in [0.25, 0.3) is 0 Å². The molecule has 1 amide bonds. The van der Waals surface area contributed by atoms with Crippen LogP contribution in [-0.2, 0) is 4.79 Å². The lowest BCUT2D eigenvalue weighted by Crippen LogP contribution is -2.27. The second kappa shape index (κ2) is 21.4. The lowest BCUT2D eigenvalue weighted by Gasteiger charge is -2.06. The van der Waals surface area contributed by atoms with Gasteiger partial charge in [0.2, 0.25) is 5.91 Å². The van der Waals surface area contributed by atoms with Gasteiger partial charge < -0.3 is 15.7 Å². The van der Waals surface area contributed by atoms with Gasteiger partial charge in [0.25, 0.3) is 0 Å². The molecule has 0 aromatic heterocycles. The van der Waals surface area contributed by atoms with Gasteiger partial charge in [0.1, 0.15) is 0 Å². The molecule has 0 radical (unpaired) electrons. The second-order valence-electron chi connectivity index (χ2n) is 7.17. The van der Waals surface area contributed by atoms with Crippen molar-refractivity contribution in [3.8, 4) is 0 Å². The summed E-state index contributed by atoms with van der Waals surface area (Å²) in [5.41, 5.74) is 0. The van der Waals surface area contributed by atoms with Gasteiger partial charge in [-0.1, -0.05) is 84.0 Å². The molecule has 0 fully saturated rings. The van der Waals surface area contributed by atoms with E-state index in [-0.39, 0.29) is 12.5 Å². The Labute approximate surface area is 156 Å². The number of nitrogens with one attached hydrogen (secondary N) is 2. The minimum absolute atomic E-state index is 0.172. The standard InChI is InChI=1S/C21H44N2O2/c1-2-3-4-5-6-7-8-9-10-11-12-13-14-16-21(25)23-18-15-17-22-19-20-24/h22,24H,2-20H2,1H3,(H,23,25). The van der Waals surface area contributed by atoms with E-state index in [2.05, 4.69) is 17.6 Å². The molecule has 0 spiro atoms. The van der Waals surface area contributed by atoms with Crippen molar-refractivity contribution in [2.75, 3.05) is 26.2 Å². The van der Waals surface area contributed by atoms with Crippen molar-refractivity contribution < 1.29 is 9.90 Å². The van der Waals surface area contributed by atoms with E-state index in [4.69, 9.17) is 5.11 Å². The van der Waals surface area contributed by atoms with Gasteiger partial charge in [0.15, 0.2) is 0 Å². The van der Waals surface area contributed by atoms with E-state index < -0.39 is 0 Å². The predicted octanol–water partition coefficient (Wildman–Crippen LogP) is 4.56. The molecule has 25 heavy (non-hydrogen) atoms. The molecule has 0 bridgehead atoms. The number of carbonyl (C=O) groups is 1. The highest BCUT2D eigenvalue weighted by atomic mass is 16.3. The van der Waals surface area contributed by atoms with Crippen LogP contribution in [0, 0.1) is 0 Å². The zero-order valence-corrected chi connectivity index (χ0v) is 16.8. The highest BCUT2D eigenvalue weighted by Crippen LogP contribution is 2.12. The number of rotatable bonds is 20. The molecular formula is C21H44N2O2. The normalized spacial score (nSPS) is 11.0. The Morgan fingerprint density at radius 3 is 1.72 bits per heavy atom. The molecule has 0 aliphatic carbocycles. The Morgan fingerprint density at radius 1 is 0.680 bits per heavy atom. The van der Waals surface area contributed by atoms with E-state index in [9.17, 15) is 4.79 Å². The SMILES string of the molecule is CCCCCCCCCCCCCCCC(=O)NCCCNCCO. The first-order valence-electron chi connectivity index (χ1n) is 10.9. The quantitative estimate of drug-likeness (QED) is 0.280. The van der Waals surface area contributed by atoms with E-state index >= 15 is 0 Å². The van der Waals surface area contributed by atoms with Crippen molar-refractivity contribution in [1.82, 2.24) is 10.6 Å². The summed E-state index contributed by atoms with van der Waals surface area (Å²) in [4.78, 5) is 11.7. The average molecular weight is 357 g/mol. The van der Waals surface area contributed by atoms with Gasteiger partial charge in [-0.05, 0) is 19.4 Å². The maximum atomic E-state index is 11.7. The molecule has 0 aliphatic heterocycles. The lowest BCUT2D eigenvalue weighted by molar-refractivity contribution is -0.121. The number of unbranched alkanes of at least 4 members (excludes halogenated alkanes) is 12. The summed E-state index contributed by atoms with van der Waals surface area (Å²) >= 11 is 0. The summed E-state index contributed by atoms with van der Waals surface area (Å²) in [6, 6.07) is 0. The number of amides is 1. The Hall–Kier alpha value is -0.610. The minimum atomic E-state index is 0.172. The third-order valence-corrected chi connectivity index (χ3v) is 4.65. The molecule has 4 nitrogen and oxygen atoms in total. The van der Waals surface area contributed by atoms with Gasteiger partial charge in [-0.25, -0.2) is 0 Å². The largest absolute Gasteiger partial charge is 0.395 e. The highest BCUT2D eigenvalue weighted by Gasteiger charge is 2.00. The lowest BCUT2D eigenvalue weighted by atomic mass is 10.0. The van der Waals surface area contributed by atoms with Gasteiger partial charge in [-0.3, -0.25) is 4.79 Å². The molecule has 0 unspecified atom stereocenters. The van der Waals surface area contributed by atoms with E-state index in [1.807, 2.05) is 0 Å². The summed E-state index contributed by atoms with van der Waals surface area (Å²) in [5.74, 6) is 0.185. The molecule has 0 aromatic rings. The monoisotopic (exact) mass is 356 g/mol. The summed E-state index contributed by atoms with van der Waals surface area (Å²) in [6.45, 7) is 4.65. The van der Waals surface area contributed by atoms with Crippen LogP contribution in [0.5, 0.6) is 0 Å². The Balaban J connectivity index is 3.11. The summed E-state index contributed by atoms with van der Waals surface area (Å²) in [5, 5.41) is 14.7. The molecule has 0 atom stereocenters. The van der Waals surface area contributed by atoms with Crippen LogP contribution < -0.4 is 10.6 Å². The van der Waals surface area contributed by atoms with Crippen LogP contribution in [0.2, 0.25) is 0 Å². The number of aliphatic hydroxyl groups excluding tert-OH is 1. The fourth-order valence-electron chi connectivity index (χ4n) is 3.04. The van der Waals surface area contributed by atoms with Crippen LogP contribution in [-0.4, -0.2) is 37.3 Å². The second-order valence-corrected chi connectivity index (χ2v) is 7.17. The predicted molar refractivity (Wildman–Crippen MR) is 108 cm³/mol. The van der Waals surface area contributed by atoms with Crippen molar-refractivity contribution in [2.24, 2.45) is 0 Å². The van der Waals surface area contributed by atoms with Gasteiger partial charge in [0.05, 0.1) is 6.61 Å². The van der Waals surface area contributed by atoms with Crippen LogP contribution in [0.3, 0.4) is 0 Å². The number of hydrogen-bond donors (Lipinski definition) is 3. The first-order chi connectivity index (χ1) is 12.3. The van der Waals surface area contributed by atoms with E-state index in [0.29, 0.717) is 13.0 Å². The third kappa shape index (κ3) is 21.3. The zero-order chi connectivity index (χ0) is 18.4. The molecule has 0 saturated heterocycles. The fourth-order valence-corrected chi connectivity index (χ4v) is 3.04. The Morgan fingerprint density at radius 2 is 1.20 bits per heavy atom. The van der Waals surface area contributed by atoms with Gasteiger partial charge in [-0.15, -0.1) is 0 Å². The Bertz CT molecular complexity index is 273. The molecular weight excluding hydrogens is 312 g/mol. The van der Waals surface area contributed by atoms with Crippen molar-refractivity contribution in [3.63, 3.8) is 0 Å². The van der Waals surface area contributed by atoms with Gasteiger partial charge in [-0.2, -0.15) is 0 Å². The van der Waals surface area contributed by atoms with Crippen LogP contribution in [0.4, 0.5) is 0 Å². The molecule has 0 aliphatic rings. The minimum Gasteiger partial charge on any atom is -0.395 e. The van der Waals surface area contributed by atoms with Gasteiger partial charge >= 0.3 is 0 Å². The van der Waals surface area contributed by atoms with Gasteiger partial charge in [0, 0.05) is 19.5 Å². The molecule has 150 valence electrons. The van der Waals surface area contributed by atoms with Crippen molar-refractivity contribution >= 4 is 5.91 Å². The number of aliphatic hydroxyl groups is 1. The van der Waals surface area contributed by atoms with Crippen LogP contribution >= 0.6 is 0 Å². The summed E-state index contributed by atoms with van der Waals surface area (Å²) < 4.78 is 0. The molecule has 0 heterocycles. The molecule has 4 heteroatoms. The van der Waals surface area contributed by atoms with Crippen LogP contribution in [0.1, 0.15) is 103 Å². The fraction of sp³-hybridized carbons (Fsp3) is 0.952. The summed E-state index contributed by atoms with van der Waals surface area (Å²) in [6.07, 6.45) is 19.0. The number of carbonyl (C=O) groups excluding carboxylic acids is 1. The van der Waals surface area contributed by atoms with E-state index in [0.717, 1.165) is 25.9 Å². The first kappa shape index (κ1) is 24.4. The first-order valence-corrected chi connectivity index (χ1v) is 10.9. The van der Waals surface area contributed by atoms with Crippen molar-refractivity contribution in [1.29, 1.82) is 0 Å². The topological polar surface area (TPSA) is 61.4 Å². The molecule has 0 rings (SSSR count). The van der Waals surface area contributed by atoms with E-state index in [1.54, 1.807) is 0 Å². The van der Waals surface area contributed by atoms with Crippen molar-refractivity contribution in [3.05, 3.63) is 0 Å². The molecule has 3 N–H and O–H groups in total. The average Bonchev–Trinajstić information content (AvgIpc) is 2.62. The zero-order valence-electron chi connectivity index (χ0n) is 16.8. The number of hydrogen-bond acceptors (Lipinski definition) is 3. The van der Waals surface area contributed by atoms with Crippen molar-refractivity contribution in [2.45, 2.75) is 103 Å². The maximum Gasteiger partial charge on any atom is 0.219 e. The third-order valence-electron chi connectivity index (χ3n) is 4.65. The maximum absolute atomic E-state index is 11.7. The van der Waals surface area contributed by atoms with Crippen LogP contribution in [0.15, 0.2) is 0 Å².